The molecule has 2 rings (SSSR count). The number of anilines is 1. The van der Waals surface area contributed by atoms with Crippen LogP contribution in [0.3, 0.4) is 0 Å². The van der Waals surface area contributed by atoms with Crippen LogP contribution in [0, 0.1) is 0 Å². The number of hydrogen-bond acceptors (Lipinski definition) is 6. The maximum atomic E-state index is 12.0. The average molecular weight is 295 g/mol. The van der Waals surface area contributed by atoms with E-state index in [0.717, 1.165) is 25.9 Å². The molecule has 0 radical (unpaired) electrons. The van der Waals surface area contributed by atoms with Crippen molar-refractivity contribution in [3.63, 3.8) is 0 Å². The Morgan fingerprint density at radius 2 is 2.05 bits per heavy atom. The zero-order valence-electron chi connectivity index (χ0n) is 12.9. The van der Waals surface area contributed by atoms with Crippen LogP contribution in [0.25, 0.3) is 0 Å². The van der Waals surface area contributed by atoms with Gasteiger partial charge in [-0.1, -0.05) is 18.9 Å². The predicted molar refractivity (Wildman–Crippen MR) is 79.8 cm³/mol. The number of carbonyl (C=O) groups is 1. The van der Waals surface area contributed by atoms with Gasteiger partial charge in [-0.3, -0.25) is 4.79 Å². The molecule has 0 atom stereocenters. The fraction of sp³-hybridized carbons (Fsp3) is 0.786. The molecule has 0 aliphatic carbocycles. The number of rotatable bonds is 7. The second-order valence-electron chi connectivity index (χ2n) is 5.65. The van der Waals surface area contributed by atoms with Crippen molar-refractivity contribution in [3.05, 3.63) is 5.89 Å². The maximum absolute atomic E-state index is 12.0. The molecule has 2 heterocycles. The van der Waals surface area contributed by atoms with E-state index in [1.54, 1.807) is 0 Å². The summed E-state index contributed by atoms with van der Waals surface area (Å²) in [4.78, 5) is 13.9. The van der Waals surface area contributed by atoms with E-state index < -0.39 is 0 Å². The first-order chi connectivity index (χ1) is 10.1. The number of piperidine rings is 1. The van der Waals surface area contributed by atoms with Crippen LogP contribution in [0.1, 0.15) is 45.4 Å². The van der Waals surface area contributed by atoms with Crippen molar-refractivity contribution in [2.75, 3.05) is 25.0 Å². The number of likely N-dealkylation sites (tertiary alicyclic amines) is 1. The Labute approximate surface area is 125 Å². The van der Waals surface area contributed by atoms with Gasteiger partial charge in [-0.25, -0.2) is 0 Å². The van der Waals surface area contributed by atoms with E-state index in [4.69, 9.17) is 4.42 Å². The molecule has 1 aromatic rings. The van der Waals surface area contributed by atoms with E-state index >= 15 is 0 Å². The monoisotopic (exact) mass is 295 g/mol. The Morgan fingerprint density at radius 3 is 2.76 bits per heavy atom. The standard InChI is InChI=1S/C14H25N5O2/c1-11(2)16-10-12-17-18-14(21-12)15-7-6-13(20)19-8-4-3-5-9-19/h11,16H,3-10H2,1-2H3,(H,15,18). The number of hydrogen-bond donors (Lipinski definition) is 2. The number of amides is 1. The van der Waals surface area contributed by atoms with Crippen molar-refractivity contribution in [2.45, 2.75) is 52.1 Å². The molecule has 0 bridgehead atoms. The van der Waals surface area contributed by atoms with E-state index in [1.807, 2.05) is 4.90 Å². The van der Waals surface area contributed by atoms with Gasteiger partial charge in [0.2, 0.25) is 11.8 Å². The van der Waals surface area contributed by atoms with Crippen molar-refractivity contribution in [1.29, 1.82) is 0 Å². The number of carbonyl (C=O) groups excluding carboxylic acids is 1. The molecule has 2 N–H and O–H groups in total. The minimum Gasteiger partial charge on any atom is -0.407 e. The molecule has 1 fully saturated rings. The second kappa shape index (κ2) is 7.97. The van der Waals surface area contributed by atoms with Crippen molar-refractivity contribution in [2.24, 2.45) is 0 Å². The smallest absolute Gasteiger partial charge is 0.315 e. The fourth-order valence-electron chi connectivity index (χ4n) is 2.27. The van der Waals surface area contributed by atoms with Gasteiger partial charge in [0, 0.05) is 32.1 Å². The normalized spacial score (nSPS) is 15.5. The first-order valence-corrected chi connectivity index (χ1v) is 7.72. The van der Waals surface area contributed by atoms with Crippen LogP contribution >= 0.6 is 0 Å². The van der Waals surface area contributed by atoms with Crippen LogP contribution in [-0.2, 0) is 11.3 Å². The van der Waals surface area contributed by atoms with Crippen LogP contribution < -0.4 is 10.6 Å². The molecule has 0 aromatic carbocycles. The lowest BCUT2D eigenvalue weighted by atomic mass is 10.1. The molecule has 0 unspecified atom stereocenters. The molecule has 7 heteroatoms. The lowest BCUT2D eigenvalue weighted by Crippen LogP contribution is -2.36. The largest absolute Gasteiger partial charge is 0.407 e. The molecule has 1 amide bonds. The summed E-state index contributed by atoms with van der Waals surface area (Å²) in [5.41, 5.74) is 0. The van der Waals surface area contributed by atoms with Crippen molar-refractivity contribution in [3.8, 4) is 0 Å². The first kappa shape index (κ1) is 15.8. The van der Waals surface area contributed by atoms with E-state index in [9.17, 15) is 4.79 Å². The quantitative estimate of drug-likeness (QED) is 0.791. The Balaban J connectivity index is 1.67. The van der Waals surface area contributed by atoms with Crippen molar-refractivity contribution < 1.29 is 9.21 Å². The van der Waals surface area contributed by atoms with Gasteiger partial charge in [-0.15, -0.1) is 5.10 Å². The van der Waals surface area contributed by atoms with Gasteiger partial charge in [-0.05, 0) is 19.3 Å². The number of aromatic nitrogens is 2. The fourth-order valence-corrected chi connectivity index (χ4v) is 2.27. The van der Waals surface area contributed by atoms with Crippen LogP contribution in [-0.4, -0.2) is 46.7 Å². The maximum Gasteiger partial charge on any atom is 0.315 e. The summed E-state index contributed by atoms with van der Waals surface area (Å²) in [6.07, 6.45) is 3.93. The lowest BCUT2D eigenvalue weighted by Gasteiger charge is -2.26. The van der Waals surface area contributed by atoms with E-state index in [1.165, 1.54) is 6.42 Å². The highest BCUT2D eigenvalue weighted by Crippen LogP contribution is 2.10. The van der Waals surface area contributed by atoms with Crippen LogP contribution in [0.5, 0.6) is 0 Å². The molecule has 0 saturated carbocycles. The zero-order valence-corrected chi connectivity index (χ0v) is 12.9. The Kier molecular flexibility index (Phi) is 5.98. The molecular weight excluding hydrogens is 270 g/mol. The van der Waals surface area contributed by atoms with Gasteiger partial charge >= 0.3 is 6.01 Å². The number of nitrogens with one attached hydrogen (secondary N) is 2. The Bertz CT molecular complexity index is 440. The highest BCUT2D eigenvalue weighted by atomic mass is 16.4. The molecule has 1 aliphatic rings. The molecule has 7 nitrogen and oxygen atoms in total. The summed E-state index contributed by atoms with van der Waals surface area (Å²) in [5, 5.41) is 14.1. The minimum absolute atomic E-state index is 0.198. The summed E-state index contributed by atoms with van der Waals surface area (Å²) >= 11 is 0. The first-order valence-electron chi connectivity index (χ1n) is 7.72. The van der Waals surface area contributed by atoms with Crippen LogP contribution in [0.4, 0.5) is 6.01 Å². The molecule has 21 heavy (non-hydrogen) atoms. The van der Waals surface area contributed by atoms with Gasteiger partial charge in [0.25, 0.3) is 0 Å². The van der Waals surface area contributed by atoms with E-state index in [0.29, 0.717) is 37.5 Å². The SMILES string of the molecule is CC(C)NCc1nnc(NCCC(=O)N2CCCCC2)o1. The van der Waals surface area contributed by atoms with E-state index in [2.05, 4.69) is 34.7 Å². The summed E-state index contributed by atoms with van der Waals surface area (Å²) in [6.45, 7) is 6.98. The highest BCUT2D eigenvalue weighted by molar-refractivity contribution is 5.76. The summed E-state index contributed by atoms with van der Waals surface area (Å²) < 4.78 is 5.44. The molecule has 118 valence electrons. The third kappa shape index (κ3) is 5.34. The second-order valence-corrected chi connectivity index (χ2v) is 5.65. The van der Waals surface area contributed by atoms with Crippen molar-refractivity contribution >= 4 is 11.9 Å². The third-order valence-electron chi connectivity index (χ3n) is 3.45. The predicted octanol–water partition coefficient (Wildman–Crippen LogP) is 1.38. The Morgan fingerprint density at radius 1 is 1.29 bits per heavy atom. The van der Waals surface area contributed by atoms with Gasteiger partial charge in [0.15, 0.2) is 0 Å². The van der Waals surface area contributed by atoms with Gasteiger partial charge in [0.05, 0.1) is 6.54 Å². The topological polar surface area (TPSA) is 83.3 Å². The summed E-state index contributed by atoms with van der Waals surface area (Å²) in [5.74, 6) is 0.747. The lowest BCUT2D eigenvalue weighted by molar-refractivity contribution is -0.131. The van der Waals surface area contributed by atoms with Crippen LogP contribution in [0.2, 0.25) is 0 Å². The third-order valence-corrected chi connectivity index (χ3v) is 3.45. The van der Waals surface area contributed by atoms with Gasteiger partial charge in [-0.2, -0.15) is 0 Å². The Hall–Kier alpha value is -1.63. The highest BCUT2D eigenvalue weighted by Gasteiger charge is 2.16. The van der Waals surface area contributed by atoms with Gasteiger partial charge < -0.3 is 20.0 Å². The molecule has 1 saturated heterocycles. The summed E-state index contributed by atoms with van der Waals surface area (Å²) in [7, 11) is 0. The zero-order chi connectivity index (χ0) is 15.1. The molecule has 1 aromatic heterocycles. The molecule has 0 spiro atoms. The van der Waals surface area contributed by atoms with Crippen molar-refractivity contribution in [1.82, 2.24) is 20.4 Å². The van der Waals surface area contributed by atoms with Crippen LogP contribution in [0.15, 0.2) is 4.42 Å². The van der Waals surface area contributed by atoms with E-state index in [-0.39, 0.29) is 5.91 Å². The minimum atomic E-state index is 0.198. The summed E-state index contributed by atoms with van der Waals surface area (Å²) in [6, 6.07) is 0.748. The average Bonchev–Trinajstić information content (AvgIpc) is 2.94. The molecule has 1 aliphatic heterocycles. The molecular formula is C14H25N5O2. The van der Waals surface area contributed by atoms with Gasteiger partial charge in [0.1, 0.15) is 0 Å². The number of nitrogens with zero attached hydrogens (tertiary/aromatic N) is 3.